The lowest BCUT2D eigenvalue weighted by molar-refractivity contribution is 0.0457. The van der Waals surface area contributed by atoms with Crippen molar-refractivity contribution in [2.24, 2.45) is 0 Å². The molecule has 0 fully saturated rings. The lowest BCUT2D eigenvalue weighted by Crippen LogP contribution is -2.23. The van der Waals surface area contributed by atoms with Gasteiger partial charge in [0.15, 0.2) is 0 Å². The predicted molar refractivity (Wildman–Crippen MR) is 209 cm³/mol. The van der Waals surface area contributed by atoms with Gasteiger partial charge in [0.25, 0.3) is 0 Å². The van der Waals surface area contributed by atoms with E-state index in [0.717, 1.165) is 19.0 Å². The molecule has 0 spiro atoms. The Morgan fingerprint density at radius 2 is 0.809 bits per heavy atom. The molecule has 286 valence electrons. The minimum Gasteiger partial charge on any atom is -0.396 e. The number of ether oxygens (including phenoxy) is 1. The molecule has 0 bridgehead atoms. The fraction of sp³-hybridized carbons (Fsp3) is 1.00. The Bertz CT molecular complexity index is 689. The van der Waals surface area contributed by atoms with Gasteiger partial charge in [-0.15, -0.1) is 0 Å². The summed E-state index contributed by atoms with van der Waals surface area (Å²) in [4.78, 5) is 0. The van der Waals surface area contributed by atoms with E-state index in [1.165, 1.54) is 154 Å². The topological polar surface area (TPSA) is 104 Å². The molecule has 0 aliphatic heterocycles. The Hall–Kier alpha value is 0.300. The van der Waals surface area contributed by atoms with E-state index in [2.05, 4.69) is 13.8 Å². The highest BCUT2D eigenvalue weighted by molar-refractivity contribution is 7.64. The Labute approximate surface area is 294 Å². The molecule has 6 nitrogen and oxygen atoms in total. The Balaban J connectivity index is 0. The van der Waals surface area contributed by atoms with Crippen molar-refractivity contribution in [3.8, 4) is 0 Å². The molecule has 0 aromatic rings. The smallest absolute Gasteiger partial charge is 0.0948 e. The summed E-state index contributed by atoms with van der Waals surface area (Å²) in [5, 5.41) is 27.9. The minimum atomic E-state index is -2.69. The SMILES string of the molecule is CCCCCCCCCCCCCCCCCCP(C)(C)=O.CCCCCCCCCCCCOCC(O)CP(=O)(CCO)CCO. The molecule has 8 heteroatoms. The largest absolute Gasteiger partial charge is 0.396 e. The van der Waals surface area contributed by atoms with Gasteiger partial charge in [-0.2, -0.15) is 0 Å². The van der Waals surface area contributed by atoms with E-state index < -0.39 is 20.4 Å². The van der Waals surface area contributed by atoms with Crippen LogP contribution in [0.1, 0.15) is 181 Å². The molecule has 1 unspecified atom stereocenters. The summed E-state index contributed by atoms with van der Waals surface area (Å²) < 4.78 is 29.4. The van der Waals surface area contributed by atoms with Gasteiger partial charge in [0.1, 0.15) is 0 Å². The first-order valence-corrected chi connectivity index (χ1v) is 25.3. The maximum Gasteiger partial charge on any atom is 0.0948 e. The van der Waals surface area contributed by atoms with E-state index in [9.17, 15) is 14.2 Å². The summed E-state index contributed by atoms with van der Waals surface area (Å²) in [6.45, 7) is 8.80. The van der Waals surface area contributed by atoms with E-state index in [1.807, 2.05) is 13.3 Å². The van der Waals surface area contributed by atoms with Crippen LogP contribution in [0.3, 0.4) is 0 Å². The molecule has 0 rings (SSSR count). The normalized spacial score (nSPS) is 12.7. The van der Waals surface area contributed by atoms with Crippen LogP contribution in [0.4, 0.5) is 0 Å². The molecule has 0 aliphatic carbocycles. The first kappa shape index (κ1) is 49.4. The number of rotatable bonds is 36. The molecule has 0 aromatic heterocycles. The van der Waals surface area contributed by atoms with Crippen molar-refractivity contribution in [2.75, 3.05) is 64.4 Å². The summed E-state index contributed by atoms with van der Waals surface area (Å²) in [6, 6.07) is 0. The lowest BCUT2D eigenvalue weighted by Gasteiger charge is -2.20. The molecule has 0 saturated heterocycles. The standard InChI is InChI=1S/C20H43OP.C19H41O5P/c1-4-5-6-7-8-9-10-11-12-13-14-15-16-17-18-19-20-22(2,3)21;1-2-3-4-5-6-7-8-9-10-11-14-24-17-19(22)18-25(23,15-12-20)16-13-21/h4-20H2,1-3H3;19-22H,2-18H2,1H3. The highest BCUT2D eigenvalue weighted by atomic mass is 31.2. The van der Waals surface area contributed by atoms with Gasteiger partial charge >= 0.3 is 0 Å². The summed E-state index contributed by atoms with van der Waals surface area (Å²) in [5.41, 5.74) is 0. The summed E-state index contributed by atoms with van der Waals surface area (Å²) >= 11 is 0. The maximum atomic E-state index is 12.4. The van der Waals surface area contributed by atoms with E-state index in [4.69, 9.17) is 14.9 Å². The second-order valence-electron chi connectivity index (χ2n) is 14.6. The highest BCUT2D eigenvalue weighted by Crippen LogP contribution is 2.45. The van der Waals surface area contributed by atoms with Crippen molar-refractivity contribution in [1.82, 2.24) is 0 Å². The quantitative estimate of drug-likeness (QED) is 0.0442. The van der Waals surface area contributed by atoms with Crippen LogP contribution >= 0.6 is 14.3 Å². The Morgan fingerprint density at radius 1 is 0.489 bits per heavy atom. The first-order chi connectivity index (χ1) is 22.6. The van der Waals surface area contributed by atoms with Crippen LogP contribution < -0.4 is 0 Å². The van der Waals surface area contributed by atoms with Crippen LogP contribution in [0.15, 0.2) is 0 Å². The Kier molecular flexibility index (Phi) is 39.5. The molecular weight excluding hydrogens is 626 g/mol. The van der Waals surface area contributed by atoms with Gasteiger partial charge in [-0.05, 0) is 26.2 Å². The number of aliphatic hydroxyl groups is 3. The average Bonchev–Trinajstić information content (AvgIpc) is 3.01. The third-order valence-electron chi connectivity index (χ3n) is 9.06. The fourth-order valence-corrected chi connectivity index (χ4v) is 9.22. The van der Waals surface area contributed by atoms with Gasteiger partial charge < -0.3 is 29.2 Å². The van der Waals surface area contributed by atoms with Crippen LogP contribution in [-0.4, -0.2) is 85.8 Å². The third-order valence-corrected chi connectivity index (χ3v) is 13.6. The van der Waals surface area contributed by atoms with Crippen molar-refractivity contribution in [3.05, 3.63) is 0 Å². The zero-order chi connectivity index (χ0) is 35.3. The van der Waals surface area contributed by atoms with Crippen molar-refractivity contribution >= 4 is 14.3 Å². The van der Waals surface area contributed by atoms with Gasteiger partial charge in [0.05, 0.1) is 27.0 Å². The van der Waals surface area contributed by atoms with Crippen molar-refractivity contribution in [2.45, 2.75) is 187 Å². The molecule has 0 amide bonds. The first-order valence-electron chi connectivity index (χ1n) is 20.2. The number of aliphatic hydroxyl groups excluding tert-OH is 3. The summed E-state index contributed by atoms with van der Waals surface area (Å²) in [7, 11) is -4.44. The van der Waals surface area contributed by atoms with Crippen LogP contribution in [0.2, 0.25) is 0 Å². The van der Waals surface area contributed by atoms with Crippen LogP contribution in [0.25, 0.3) is 0 Å². The number of unbranched alkanes of at least 4 members (excludes halogenated alkanes) is 24. The van der Waals surface area contributed by atoms with E-state index in [0.29, 0.717) is 6.61 Å². The third kappa shape index (κ3) is 42.4. The lowest BCUT2D eigenvalue weighted by atomic mass is 10.0. The van der Waals surface area contributed by atoms with E-state index in [1.54, 1.807) is 0 Å². The zero-order valence-electron chi connectivity index (χ0n) is 32.1. The van der Waals surface area contributed by atoms with Gasteiger partial charge in [0.2, 0.25) is 0 Å². The molecule has 1 atom stereocenters. The van der Waals surface area contributed by atoms with Crippen molar-refractivity contribution in [1.29, 1.82) is 0 Å². The predicted octanol–water partition coefficient (Wildman–Crippen LogP) is 11.5. The Morgan fingerprint density at radius 3 is 1.13 bits per heavy atom. The molecule has 3 N–H and O–H groups in total. The average molecular weight is 711 g/mol. The number of hydrogen-bond donors (Lipinski definition) is 3. The van der Waals surface area contributed by atoms with Crippen LogP contribution in [-0.2, 0) is 13.9 Å². The van der Waals surface area contributed by atoms with Crippen LogP contribution in [0, 0.1) is 0 Å². The molecule has 0 radical (unpaired) electrons. The van der Waals surface area contributed by atoms with Gasteiger partial charge in [0, 0.05) is 44.5 Å². The molecule has 0 aliphatic rings. The van der Waals surface area contributed by atoms with Gasteiger partial charge in [-0.3, -0.25) is 0 Å². The molecule has 0 aromatic carbocycles. The highest BCUT2D eigenvalue weighted by Gasteiger charge is 2.24. The fourth-order valence-electron chi connectivity index (χ4n) is 6.05. The monoisotopic (exact) mass is 711 g/mol. The van der Waals surface area contributed by atoms with Crippen molar-refractivity contribution in [3.63, 3.8) is 0 Å². The minimum absolute atomic E-state index is 0.117. The van der Waals surface area contributed by atoms with Gasteiger partial charge in [-0.25, -0.2) is 0 Å². The second kappa shape index (κ2) is 37.6. The molecule has 0 saturated carbocycles. The maximum absolute atomic E-state index is 12.4. The summed E-state index contributed by atoms with van der Waals surface area (Å²) in [6.07, 6.45) is 35.8. The summed E-state index contributed by atoms with van der Waals surface area (Å²) in [5.74, 6) is 0. The second-order valence-corrected chi connectivity index (χ2v) is 21.6. The van der Waals surface area contributed by atoms with E-state index >= 15 is 0 Å². The molecule has 47 heavy (non-hydrogen) atoms. The van der Waals surface area contributed by atoms with Gasteiger partial charge in [-0.1, -0.05) is 168 Å². The van der Waals surface area contributed by atoms with Crippen LogP contribution in [0.5, 0.6) is 0 Å². The molecular formula is C39H84O6P2. The van der Waals surface area contributed by atoms with Crippen molar-refractivity contribution < 1.29 is 29.2 Å². The zero-order valence-corrected chi connectivity index (χ0v) is 33.9. The molecule has 0 heterocycles. The number of hydrogen-bond acceptors (Lipinski definition) is 6. The van der Waals surface area contributed by atoms with E-state index in [-0.39, 0.29) is 38.3 Å².